The summed E-state index contributed by atoms with van der Waals surface area (Å²) in [5.74, 6) is 0. The monoisotopic (exact) mass is 377 g/mol. The molecule has 3 nitrogen and oxygen atoms in total. The van der Waals surface area contributed by atoms with Crippen LogP contribution in [0.25, 0.3) is 0 Å². The van der Waals surface area contributed by atoms with Crippen molar-refractivity contribution in [2.75, 3.05) is 45.8 Å². The smallest absolute Gasteiger partial charge is 0.0233 e. The van der Waals surface area contributed by atoms with E-state index in [0.29, 0.717) is 0 Å². The Kier molecular flexibility index (Phi) is 7.15. The number of hydrogen-bond acceptors (Lipinski definition) is 3. The van der Waals surface area contributed by atoms with Gasteiger partial charge in [0.1, 0.15) is 0 Å². The quantitative estimate of drug-likeness (QED) is 0.724. The Morgan fingerprint density at radius 1 is 0.643 bits per heavy atom. The molecule has 0 aliphatic carbocycles. The molecule has 2 fully saturated rings. The number of likely N-dealkylation sites (tertiary alicyclic amines) is 1. The van der Waals surface area contributed by atoms with Crippen LogP contribution in [-0.2, 0) is 13.0 Å². The molecular weight excluding hydrogens is 342 g/mol. The molecule has 3 heteroatoms. The summed E-state index contributed by atoms with van der Waals surface area (Å²) >= 11 is 0. The summed E-state index contributed by atoms with van der Waals surface area (Å²) in [6.07, 6.45) is 5.16. The first-order valence-electron chi connectivity index (χ1n) is 11.1. The third-order valence-electron chi connectivity index (χ3n) is 6.51. The van der Waals surface area contributed by atoms with Crippen LogP contribution in [0.4, 0.5) is 0 Å². The fourth-order valence-corrected chi connectivity index (χ4v) is 4.79. The van der Waals surface area contributed by atoms with E-state index in [9.17, 15) is 0 Å². The second-order valence-electron chi connectivity index (χ2n) is 8.46. The molecule has 0 radical (unpaired) electrons. The minimum absolute atomic E-state index is 0.804. The van der Waals surface area contributed by atoms with Crippen molar-refractivity contribution in [1.29, 1.82) is 0 Å². The first-order chi connectivity index (χ1) is 13.9. The van der Waals surface area contributed by atoms with Gasteiger partial charge in [-0.1, -0.05) is 60.7 Å². The van der Waals surface area contributed by atoms with Gasteiger partial charge in [0, 0.05) is 38.8 Å². The van der Waals surface area contributed by atoms with E-state index in [-0.39, 0.29) is 0 Å². The fraction of sp³-hybridized carbons (Fsp3) is 0.520. The predicted octanol–water partition coefficient (Wildman–Crippen LogP) is 3.90. The number of nitrogens with zero attached hydrogens (tertiary/aromatic N) is 3. The van der Waals surface area contributed by atoms with Crippen molar-refractivity contribution in [2.45, 2.75) is 38.3 Å². The van der Waals surface area contributed by atoms with E-state index in [0.717, 1.165) is 12.6 Å². The van der Waals surface area contributed by atoms with E-state index >= 15 is 0 Å². The van der Waals surface area contributed by atoms with Crippen LogP contribution in [0, 0.1) is 0 Å². The zero-order valence-corrected chi connectivity index (χ0v) is 17.2. The third-order valence-corrected chi connectivity index (χ3v) is 6.51. The van der Waals surface area contributed by atoms with Crippen LogP contribution in [0.2, 0.25) is 0 Å². The van der Waals surface area contributed by atoms with Crippen molar-refractivity contribution in [2.24, 2.45) is 0 Å². The highest BCUT2D eigenvalue weighted by Crippen LogP contribution is 2.20. The molecular formula is C25H35N3. The summed E-state index contributed by atoms with van der Waals surface area (Å²) in [5, 5.41) is 0. The molecule has 0 unspecified atom stereocenters. The zero-order chi connectivity index (χ0) is 19.0. The van der Waals surface area contributed by atoms with E-state index in [4.69, 9.17) is 0 Å². The maximum Gasteiger partial charge on any atom is 0.0233 e. The molecule has 2 aromatic carbocycles. The minimum atomic E-state index is 0.804. The molecule has 0 aromatic heterocycles. The topological polar surface area (TPSA) is 9.72 Å². The molecule has 2 aliphatic heterocycles. The predicted molar refractivity (Wildman–Crippen MR) is 118 cm³/mol. The SMILES string of the molecule is c1ccc(CCCN2CCN(C3CCN(Cc4ccccc4)CC3)CC2)cc1. The van der Waals surface area contributed by atoms with Gasteiger partial charge in [-0.3, -0.25) is 9.80 Å². The van der Waals surface area contributed by atoms with E-state index in [1.807, 2.05) is 0 Å². The number of hydrogen-bond donors (Lipinski definition) is 0. The van der Waals surface area contributed by atoms with Gasteiger partial charge < -0.3 is 4.90 Å². The van der Waals surface area contributed by atoms with Crippen LogP contribution in [-0.4, -0.2) is 66.6 Å². The average molecular weight is 378 g/mol. The van der Waals surface area contributed by atoms with Gasteiger partial charge in [0.2, 0.25) is 0 Å². The van der Waals surface area contributed by atoms with Crippen molar-refractivity contribution >= 4 is 0 Å². The lowest BCUT2D eigenvalue weighted by Gasteiger charge is -2.43. The first-order valence-corrected chi connectivity index (χ1v) is 11.1. The molecule has 0 saturated carbocycles. The highest BCUT2D eigenvalue weighted by molar-refractivity contribution is 5.15. The van der Waals surface area contributed by atoms with Gasteiger partial charge in [0.05, 0.1) is 0 Å². The van der Waals surface area contributed by atoms with E-state index in [1.165, 1.54) is 82.6 Å². The van der Waals surface area contributed by atoms with Crippen LogP contribution < -0.4 is 0 Å². The lowest BCUT2D eigenvalue weighted by atomic mass is 10.0. The van der Waals surface area contributed by atoms with Crippen molar-refractivity contribution in [3.05, 3.63) is 71.8 Å². The summed E-state index contributed by atoms with van der Waals surface area (Å²) in [7, 11) is 0. The van der Waals surface area contributed by atoms with Crippen molar-refractivity contribution < 1.29 is 0 Å². The Morgan fingerprint density at radius 2 is 1.25 bits per heavy atom. The molecule has 4 rings (SSSR count). The normalized spacial score (nSPS) is 20.4. The molecule has 0 atom stereocenters. The maximum absolute atomic E-state index is 2.77. The summed E-state index contributed by atoms with van der Waals surface area (Å²) in [6, 6.07) is 22.6. The largest absolute Gasteiger partial charge is 0.301 e. The van der Waals surface area contributed by atoms with E-state index in [2.05, 4.69) is 75.4 Å². The van der Waals surface area contributed by atoms with Crippen LogP contribution in [0.3, 0.4) is 0 Å². The Hall–Kier alpha value is -1.68. The van der Waals surface area contributed by atoms with Crippen LogP contribution in [0.1, 0.15) is 30.4 Å². The molecule has 0 amide bonds. The van der Waals surface area contributed by atoms with Crippen molar-refractivity contribution in [3.8, 4) is 0 Å². The second-order valence-corrected chi connectivity index (χ2v) is 8.46. The number of piperidine rings is 1. The molecule has 2 heterocycles. The van der Waals surface area contributed by atoms with Gasteiger partial charge in [-0.15, -0.1) is 0 Å². The van der Waals surface area contributed by atoms with Crippen molar-refractivity contribution in [1.82, 2.24) is 14.7 Å². The molecule has 0 spiro atoms. The molecule has 0 bridgehead atoms. The van der Waals surface area contributed by atoms with Gasteiger partial charge in [-0.2, -0.15) is 0 Å². The first kappa shape index (κ1) is 19.6. The summed E-state index contributed by atoms with van der Waals surface area (Å²) in [4.78, 5) is 8.07. The van der Waals surface area contributed by atoms with Gasteiger partial charge in [-0.25, -0.2) is 0 Å². The van der Waals surface area contributed by atoms with E-state index < -0.39 is 0 Å². The Balaban J connectivity index is 1.13. The van der Waals surface area contributed by atoms with Crippen LogP contribution in [0.15, 0.2) is 60.7 Å². The lowest BCUT2D eigenvalue weighted by molar-refractivity contribution is 0.0572. The highest BCUT2D eigenvalue weighted by atomic mass is 15.3. The van der Waals surface area contributed by atoms with E-state index in [1.54, 1.807) is 0 Å². The average Bonchev–Trinajstić information content (AvgIpc) is 2.76. The van der Waals surface area contributed by atoms with Gasteiger partial charge in [0.25, 0.3) is 0 Å². The van der Waals surface area contributed by atoms with Gasteiger partial charge in [0.15, 0.2) is 0 Å². The lowest BCUT2D eigenvalue weighted by Crippen LogP contribution is -2.53. The summed E-state index contributed by atoms with van der Waals surface area (Å²) in [6.45, 7) is 9.87. The van der Waals surface area contributed by atoms with Gasteiger partial charge in [-0.05, 0) is 56.4 Å². The standard InChI is InChI=1S/C25H35N3/c1-3-8-23(9-4-1)12-7-15-26-18-20-28(21-19-26)25-13-16-27(17-14-25)22-24-10-5-2-6-11-24/h1-6,8-11,25H,7,12-22H2. The Labute approximate surface area is 171 Å². The Bertz CT molecular complexity index is 671. The second kappa shape index (κ2) is 10.2. The Morgan fingerprint density at radius 3 is 1.89 bits per heavy atom. The summed E-state index contributed by atoms with van der Waals surface area (Å²) in [5.41, 5.74) is 2.92. The highest BCUT2D eigenvalue weighted by Gasteiger charge is 2.27. The van der Waals surface area contributed by atoms with Gasteiger partial charge >= 0.3 is 0 Å². The molecule has 2 aromatic rings. The third kappa shape index (κ3) is 5.66. The molecule has 2 saturated heterocycles. The molecule has 150 valence electrons. The fourth-order valence-electron chi connectivity index (χ4n) is 4.79. The van der Waals surface area contributed by atoms with Crippen LogP contribution in [0.5, 0.6) is 0 Å². The zero-order valence-electron chi connectivity index (χ0n) is 17.2. The van der Waals surface area contributed by atoms with Crippen molar-refractivity contribution in [3.63, 3.8) is 0 Å². The number of piperazine rings is 1. The minimum Gasteiger partial charge on any atom is -0.301 e. The molecule has 0 N–H and O–H groups in total. The van der Waals surface area contributed by atoms with Crippen LogP contribution >= 0.6 is 0 Å². The number of benzene rings is 2. The molecule has 2 aliphatic rings. The molecule has 28 heavy (non-hydrogen) atoms. The summed E-state index contributed by atoms with van der Waals surface area (Å²) < 4.78 is 0. The maximum atomic E-state index is 2.77. The number of aryl methyl sites for hydroxylation is 1. The number of rotatable bonds is 7.